The third-order valence-corrected chi connectivity index (χ3v) is 3.48. The molecule has 0 radical (unpaired) electrons. The Morgan fingerprint density at radius 3 is 1.58 bits per heavy atom. The van der Waals surface area contributed by atoms with Crippen LogP contribution < -0.4 is 0 Å². The van der Waals surface area contributed by atoms with Gasteiger partial charge in [-0.1, -0.05) is 46.9 Å². The van der Waals surface area contributed by atoms with Crippen molar-refractivity contribution in [2.75, 3.05) is 0 Å². The summed E-state index contributed by atoms with van der Waals surface area (Å²) in [7, 11) is 0. The smallest absolute Gasteiger partial charge is 0.166 e. The molecule has 2 rings (SSSR count). The second-order valence-corrected chi connectivity index (χ2v) is 4.98. The Morgan fingerprint density at radius 1 is 0.684 bits per heavy atom. The Hall–Kier alpha value is -0.900. The summed E-state index contributed by atoms with van der Waals surface area (Å²) in [6.45, 7) is 0. The van der Waals surface area contributed by atoms with E-state index in [1.807, 2.05) is 0 Å². The Morgan fingerprint density at radius 2 is 1.11 bits per heavy atom. The van der Waals surface area contributed by atoms with Crippen molar-refractivity contribution < 1.29 is 13.2 Å². The van der Waals surface area contributed by atoms with Gasteiger partial charge in [0.25, 0.3) is 0 Å². The van der Waals surface area contributed by atoms with Crippen molar-refractivity contribution in [3.63, 3.8) is 0 Å². The SMILES string of the molecule is FC(F)(F)c1cccc(Cl)c1-c1c(Cl)cccc1Cl. The number of hydrogen-bond acceptors (Lipinski definition) is 0. The van der Waals surface area contributed by atoms with Gasteiger partial charge in [-0.3, -0.25) is 0 Å². The molecule has 6 heteroatoms. The molecule has 19 heavy (non-hydrogen) atoms. The first-order valence-electron chi connectivity index (χ1n) is 5.12. The molecular formula is C13H6Cl3F3. The van der Waals surface area contributed by atoms with Crippen molar-refractivity contribution in [2.24, 2.45) is 0 Å². The van der Waals surface area contributed by atoms with E-state index in [0.29, 0.717) is 0 Å². The second kappa shape index (κ2) is 5.23. The highest BCUT2D eigenvalue weighted by atomic mass is 35.5. The second-order valence-electron chi connectivity index (χ2n) is 3.76. The predicted octanol–water partition coefficient (Wildman–Crippen LogP) is 6.33. The lowest BCUT2D eigenvalue weighted by molar-refractivity contribution is -0.137. The van der Waals surface area contributed by atoms with E-state index < -0.39 is 11.7 Å². The topological polar surface area (TPSA) is 0 Å². The summed E-state index contributed by atoms with van der Waals surface area (Å²) in [6, 6.07) is 8.03. The first-order chi connectivity index (χ1) is 8.82. The molecule has 0 saturated carbocycles. The molecule has 0 atom stereocenters. The van der Waals surface area contributed by atoms with E-state index >= 15 is 0 Å². The van der Waals surface area contributed by atoms with Crippen molar-refractivity contribution in [3.05, 3.63) is 57.0 Å². The van der Waals surface area contributed by atoms with Gasteiger partial charge in [0.05, 0.1) is 5.56 Å². The summed E-state index contributed by atoms with van der Waals surface area (Å²) in [5.41, 5.74) is -0.981. The third-order valence-electron chi connectivity index (χ3n) is 2.53. The minimum atomic E-state index is -4.54. The van der Waals surface area contributed by atoms with Gasteiger partial charge in [0.2, 0.25) is 0 Å². The summed E-state index contributed by atoms with van der Waals surface area (Å²) in [4.78, 5) is 0. The third kappa shape index (κ3) is 2.83. The van der Waals surface area contributed by atoms with Crippen LogP contribution in [0.3, 0.4) is 0 Å². The van der Waals surface area contributed by atoms with Crippen molar-refractivity contribution >= 4 is 34.8 Å². The molecule has 0 saturated heterocycles. The molecule has 0 spiro atoms. The molecule has 0 unspecified atom stereocenters. The Kier molecular flexibility index (Phi) is 4.00. The number of benzene rings is 2. The van der Waals surface area contributed by atoms with Crippen molar-refractivity contribution in [1.29, 1.82) is 0 Å². The maximum absolute atomic E-state index is 13.0. The van der Waals surface area contributed by atoms with Gasteiger partial charge < -0.3 is 0 Å². The molecule has 2 aromatic carbocycles. The normalized spacial score (nSPS) is 11.7. The standard InChI is InChI=1S/C13H6Cl3F3/c14-8-4-1-3-7(13(17,18)19)11(8)12-9(15)5-2-6-10(12)16/h1-6H. The molecule has 0 aliphatic heterocycles. The lowest BCUT2D eigenvalue weighted by Crippen LogP contribution is -2.07. The van der Waals surface area contributed by atoms with Crippen LogP contribution in [0.4, 0.5) is 13.2 Å². The largest absolute Gasteiger partial charge is 0.417 e. The lowest BCUT2D eigenvalue weighted by Gasteiger charge is -2.16. The average molecular weight is 326 g/mol. The molecule has 2 aromatic rings. The summed E-state index contributed by atoms with van der Waals surface area (Å²) in [5, 5.41) is 0.182. The predicted molar refractivity (Wildman–Crippen MR) is 71.9 cm³/mol. The van der Waals surface area contributed by atoms with Crippen molar-refractivity contribution in [2.45, 2.75) is 6.18 Å². The quantitative estimate of drug-likeness (QED) is 0.574. The number of alkyl halides is 3. The summed E-state index contributed by atoms with van der Waals surface area (Å²) in [6.07, 6.45) is -4.54. The molecule has 0 aliphatic rings. The van der Waals surface area contributed by atoms with Crippen LogP contribution in [-0.2, 0) is 6.18 Å². The van der Waals surface area contributed by atoms with Gasteiger partial charge in [-0.25, -0.2) is 0 Å². The molecule has 0 bridgehead atoms. The van der Waals surface area contributed by atoms with E-state index in [1.165, 1.54) is 24.3 Å². The summed E-state index contributed by atoms with van der Waals surface area (Å²) in [5.74, 6) is 0. The van der Waals surface area contributed by atoms with Crippen LogP contribution in [0.1, 0.15) is 5.56 Å². The zero-order valence-electron chi connectivity index (χ0n) is 9.23. The van der Waals surface area contributed by atoms with Gasteiger partial charge in [0.1, 0.15) is 0 Å². The van der Waals surface area contributed by atoms with Crippen molar-refractivity contribution in [1.82, 2.24) is 0 Å². The van der Waals surface area contributed by atoms with Crippen LogP contribution in [0.2, 0.25) is 15.1 Å². The van der Waals surface area contributed by atoms with Crippen LogP contribution in [0.15, 0.2) is 36.4 Å². The fourth-order valence-electron chi connectivity index (χ4n) is 1.75. The number of rotatable bonds is 1. The van der Waals surface area contributed by atoms with Crippen LogP contribution in [0, 0.1) is 0 Å². The highest BCUT2D eigenvalue weighted by molar-refractivity contribution is 6.41. The van der Waals surface area contributed by atoms with E-state index in [1.54, 1.807) is 6.07 Å². The van der Waals surface area contributed by atoms with Gasteiger partial charge in [0.15, 0.2) is 0 Å². The Labute approximate surface area is 122 Å². The molecular weight excluding hydrogens is 319 g/mol. The average Bonchev–Trinajstić information content (AvgIpc) is 2.29. The van der Waals surface area contributed by atoms with E-state index in [-0.39, 0.29) is 26.2 Å². The fraction of sp³-hybridized carbons (Fsp3) is 0.0769. The van der Waals surface area contributed by atoms with Gasteiger partial charge in [-0.15, -0.1) is 0 Å². The van der Waals surface area contributed by atoms with Gasteiger partial charge in [-0.2, -0.15) is 13.2 Å². The van der Waals surface area contributed by atoms with Gasteiger partial charge >= 0.3 is 6.18 Å². The molecule has 0 N–H and O–H groups in total. The lowest BCUT2D eigenvalue weighted by atomic mass is 9.99. The maximum Gasteiger partial charge on any atom is 0.417 e. The van der Waals surface area contributed by atoms with Crippen LogP contribution in [0.5, 0.6) is 0 Å². The minimum Gasteiger partial charge on any atom is -0.166 e. The van der Waals surface area contributed by atoms with Crippen molar-refractivity contribution in [3.8, 4) is 11.1 Å². The zero-order valence-corrected chi connectivity index (χ0v) is 11.5. The van der Waals surface area contributed by atoms with Gasteiger partial charge in [-0.05, 0) is 24.3 Å². The van der Waals surface area contributed by atoms with E-state index in [0.717, 1.165) is 6.07 Å². The molecule has 0 aromatic heterocycles. The first-order valence-corrected chi connectivity index (χ1v) is 6.26. The number of halogens is 6. The minimum absolute atomic E-state index is 0.0511. The summed E-state index contributed by atoms with van der Waals surface area (Å²) >= 11 is 17.8. The van der Waals surface area contributed by atoms with Gasteiger partial charge in [0, 0.05) is 26.2 Å². The zero-order chi connectivity index (χ0) is 14.2. The van der Waals surface area contributed by atoms with E-state index in [2.05, 4.69) is 0 Å². The van der Waals surface area contributed by atoms with Crippen LogP contribution in [-0.4, -0.2) is 0 Å². The maximum atomic E-state index is 13.0. The fourth-order valence-corrected chi connectivity index (χ4v) is 2.61. The molecule has 0 fully saturated rings. The monoisotopic (exact) mass is 324 g/mol. The molecule has 0 nitrogen and oxygen atoms in total. The highest BCUT2D eigenvalue weighted by Gasteiger charge is 2.35. The molecule has 100 valence electrons. The molecule has 0 amide bonds. The molecule has 0 aliphatic carbocycles. The Bertz CT molecular complexity index is 601. The van der Waals surface area contributed by atoms with Crippen LogP contribution in [0.25, 0.3) is 11.1 Å². The first kappa shape index (κ1) is 14.5. The highest BCUT2D eigenvalue weighted by Crippen LogP contribution is 2.45. The van der Waals surface area contributed by atoms with Crippen LogP contribution >= 0.6 is 34.8 Å². The molecule has 0 heterocycles. The van der Waals surface area contributed by atoms with E-state index in [4.69, 9.17) is 34.8 Å². The summed E-state index contributed by atoms with van der Waals surface area (Å²) < 4.78 is 39.1. The number of hydrogen-bond donors (Lipinski definition) is 0. The van der Waals surface area contributed by atoms with E-state index in [9.17, 15) is 13.2 Å². The Balaban J connectivity index is 2.83.